The molecule has 0 radical (unpaired) electrons. The lowest BCUT2D eigenvalue weighted by molar-refractivity contribution is 0.253. The van der Waals surface area contributed by atoms with E-state index in [2.05, 4.69) is 45.9 Å². The van der Waals surface area contributed by atoms with Gasteiger partial charge in [-0.05, 0) is 67.1 Å². The van der Waals surface area contributed by atoms with Gasteiger partial charge in [0.05, 0.1) is 5.69 Å². The van der Waals surface area contributed by atoms with Gasteiger partial charge in [-0.15, -0.1) is 0 Å². The van der Waals surface area contributed by atoms with Gasteiger partial charge in [0.25, 0.3) is 0 Å². The Kier molecular flexibility index (Phi) is 3.94. The number of hydrogen-bond donors (Lipinski definition) is 1. The molecule has 0 amide bonds. The van der Waals surface area contributed by atoms with E-state index in [0.29, 0.717) is 6.04 Å². The van der Waals surface area contributed by atoms with Crippen molar-refractivity contribution in [1.29, 1.82) is 0 Å². The van der Waals surface area contributed by atoms with Gasteiger partial charge in [-0.3, -0.25) is 0 Å². The first kappa shape index (κ1) is 12.7. The van der Waals surface area contributed by atoms with Crippen LogP contribution < -0.4 is 10.6 Å². The zero-order valence-electron chi connectivity index (χ0n) is 10.5. The van der Waals surface area contributed by atoms with E-state index < -0.39 is 0 Å². The van der Waals surface area contributed by atoms with Crippen molar-refractivity contribution in [3.05, 3.63) is 22.7 Å². The molecular weight excluding hydrogens is 278 g/mol. The summed E-state index contributed by atoms with van der Waals surface area (Å²) in [7, 11) is 4.36. The highest BCUT2D eigenvalue weighted by molar-refractivity contribution is 9.10. The van der Waals surface area contributed by atoms with Crippen molar-refractivity contribution in [2.45, 2.75) is 18.9 Å². The van der Waals surface area contributed by atoms with Crippen molar-refractivity contribution in [3.8, 4) is 0 Å². The third-order valence-electron chi connectivity index (χ3n) is 3.59. The average molecular weight is 298 g/mol. The molecule has 1 aromatic rings. The maximum Gasteiger partial charge on any atom is 0.0512 e. The van der Waals surface area contributed by atoms with E-state index in [-0.39, 0.29) is 0 Å². The summed E-state index contributed by atoms with van der Waals surface area (Å²) in [5.74, 6) is 0. The topological polar surface area (TPSA) is 32.5 Å². The predicted molar refractivity (Wildman–Crippen MR) is 77.5 cm³/mol. The summed E-state index contributed by atoms with van der Waals surface area (Å²) in [4.78, 5) is 4.76. The van der Waals surface area contributed by atoms with Crippen molar-refractivity contribution < 1.29 is 0 Å². The number of benzene rings is 1. The lowest BCUT2D eigenvalue weighted by Gasteiger charge is -2.36. The minimum atomic E-state index is 0.631. The first-order chi connectivity index (χ1) is 8.08. The van der Waals surface area contributed by atoms with Gasteiger partial charge in [-0.25, -0.2) is 0 Å². The number of nitrogen functional groups attached to an aromatic ring is 1. The molecule has 2 N–H and O–H groups in total. The van der Waals surface area contributed by atoms with Crippen LogP contribution in [0.5, 0.6) is 0 Å². The molecule has 94 valence electrons. The lowest BCUT2D eigenvalue weighted by atomic mass is 10.0. The summed E-state index contributed by atoms with van der Waals surface area (Å²) in [6.45, 7) is 2.36. The molecule has 2 rings (SSSR count). The van der Waals surface area contributed by atoms with E-state index in [1.54, 1.807) is 0 Å². The molecule has 0 saturated carbocycles. The molecule has 1 aromatic carbocycles. The van der Waals surface area contributed by atoms with Crippen LogP contribution in [0.15, 0.2) is 22.7 Å². The number of hydrogen-bond acceptors (Lipinski definition) is 3. The van der Waals surface area contributed by atoms with Gasteiger partial charge in [0.2, 0.25) is 0 Å². The predicted octanol–water partition coefficient (Wildman–Crippen LogP) is 2.56. The van der Waals surface area contributed by atoms with E-state index in [9.17, 15) is 0 Å². The molecule has 1 aliphatic heterocycles. The number of nitrogens with zero attached hydrogens (tertiary/aromatic N) is 2. The number of likely N-dealkylation sites (tertiary alicyclic amines) is 1. The summed E-state index contributed by atoms with van der Waals surface area (Å²) in [5.41, 5.74) is 7.80. The zero-order chi connectivity index (χ0) is 12.4. The quantitative estimate of drug-likeness (QED) is 0.852. The standard InChI is InChI=1S/C13H20BrN3/c1-16-7-5-11(6-8-16)17(2)13-4-3-10(15)9-12(13)14/h3-4,9,11H,5-8,15H2,1-2H3. The molecule has 1 aliphatic rings. The normalized spacial score (nSPS) is 18.3. The molecular formula is C13H20BrN3. The summed E-state index contributed by atoms with van der Waals surface area (Å²) in [5, 5.41) is 0. The zero-order valence-corrected chi connectivity index (χ0v) is 12.1. The lowest BCUT2D eigenvalue weighted by Crippen LogP contribution is -2.42. The average Bonchev–Trinajstić information content (AvgIpc) is 2.29. The van der Waals surface area contributed by atoms with Gasteiger partial charge < -0.3 is 15.5 Å². The van der Waals surface area contributed by atoms with Crippen molar-refractivity contribution in [1.82, 2.24) is 4.90 Å². The third-order valence-corrected chi connectivity index (χ3v) is 4.22. The molecule has 0 bridgehead atoms. The van der Waals surface area contributed by atoms with Crippen LogP contribution >= 0.6 is 15.9 Å². The van der Waals surface area contributed by atoms with E-state index in [1.807, 2.05) is 12.1 Å². The number of halogens is 1. The van der Waals surface area contributed by atoms with Crippen LogP contribution in [0, 0.1) is 0 Å². The fourth-order valence-corrected chi connectivity index (χ4v) is 3.06. The van der Waals surface area contributed by atoms with Crippen molar-refractivity contribution in [3.63, 3.8) is 0 Å². The Bertz CT molecular complexity index is 386. The molecule has 0 unspecified atom stereocenters. The maximum absolute atomic E-state index is 5.77. The molecule has 1 fully saturated rings. The summed E-state index contributed by atoms with van der Waals surface area (Å²) < 4.78 is 1.08. The fraction of sp³-hybridized carbons (Fsp3) is 0.538. The summed E-state index contributed by atoms with van der Waals surface area (Å²) >= 11 is 3.59. The molecule has 4 heteroatoms. The Balaban J connectivity index is 2.11. The van der Waals surface area contributed by atoms with Gasteiger partial charge in [-0.1, -0.05) is 0 Å². The highest BCUT2D eigenvalue weighted by Crippen LogP contribution is 2.30. The maximum atomic E-state index is 5.77. The smallest absolute Gasteiger partial charge is 0.0512 e. The van der Waals surface area contributed by atoms with Gasteiger partial charge in [-0.2, -0.15) is 0 Å². The Hall–Kier alpha value is -0.740. The minimum Gasteiger partial charge on any atom is -0.399 e. The third kappa shape index (κ3) is 2.93. The highest BCUT2D eigenvalue weighted by atomic mass is 79.9. The van der Waals surface area contributed by atoms with E-state index in [0.717, 1.165) is 10.2 Å². The van der Waals surface area contributed by atoms with Crippen molar-refractivity contribution in [2.75, 3.05) is 37.8 Å². The molecule has 1 saturated heterocycles. The fourth-order valence-electron chi connectivity index (χ4n) is 2.39. The monoisotopic (exact) mass is 297 g/mol. The largest absolute Gasteiger partial charge is 0.399 e. The van der Waals surface area contributed by atoms with Crippen LogP contribution in [0.4, 0.5) is 11.4 Å². The first-order valence-corrected chi connectivity index (χ1v) is 6.83. The van der Waals surface area contributed by atoms with E-state index in [4.69, 9.17) is 5.73 Å². The van der Waals surface area contributed by atoms with Crippen LogP contribution in [0.1, 0.15) is 12.8 Å². The summed E-state index contributed by atoms with van der Waals surface area (Å²) in [6.07, 6.45) is 2.45. The molecule has 0 atom stereocenters. The van der Waals surface area contributed by atoms with E-state index in [1.165, 1.54) is 31.6 Å². The molecule has 17 heavy (non-hydrogen) atoms. The summed E-state index contributed by atoms with van der Waals surface area (Å²) in [6, 6.07) is 6.66. The second-order valence-corrected chi connectivity index (χ2v) is 5.71. The number of piperidine rings is 1. The van der Waals surface area contributed by atoms with Crippen molar-refractivity contribution in [2.24, 2.45) is 0 Å². The second kappa shape index (κ2) is 5.27. The Morgan fingerprint density at radius 2 is 2.00 bits per heavy atom. The minimum absolute atomic E-state index is 0.631. The van der Waals surface area contributed by atoms with Gasteiger partial charge in [0.15, 0.2) is 0 Å². The van der Waals surface area contributed by atoms with Crippen LogP contribution in [0.2, 0.25) is 0 Å². The van der Waals surface area contributed by atoms with Crippen molar-refractivity contribution >= 4 is 27.3 Å². The number of anilines is 2. The van der Waals surface area contributed by atoms with Gasteiger partial charge >= 0.3 is 0 Å². The van der Waals surface area contributed by atoms with Crippen LogP contribution in [0.25, 0.3) is 0 Å². The van der Waals surface area contributed by atoms with Gasteiger partial charge in [0, 0.05) is 23.2 Å². The van der Waals surface area contributed by atoms with Crippen LogP contribution in [-0.2, 0) is 0 Å². The first-order valence-electron chi connectivity index (χ1n) is 6.04. The molecule has 0 aliphatic carbocycles. The molecule has 1 heterocycles. The molecule has 3 nitrogen and oxygen atoms in total. The molecule has 0 spiro atoms. The van der Waals surface area contributed by atoms with Crippen LogP contribution in [-0.4, -0.2) is 38.1 Å². The Labute approximate surface area is 112 Å². The number of nitrogens with two attached hydrogens (primary N) is 1. The number of rotatable bonds is 2. The SMILES string of the molecule is CN1CCC(N(C)c2ccc(N)cc2Br)CC1. The van der Waals surface area contributed by atoms with Gasteiger partial charge in [0.1, 0.15) is 0 Å². The highest BCUT2D eigenvalue weighted by Gasteiger charge is 2.21. The van der Waals surface area contributed by atoms with Crippen LogP contribution in [0.3, 0.4) is 0 Å². The second-order valence-electron chi connectivity index (χ2n) is 4.86. The molecule has 0 aromatic heterocycles. The Morgan fingerprint density at radius 1 is 1.35 bits per heavy atom. The Morgan fingerprint density at radius 3 is 2.59 bits per heavy atom. The van der Waals surface area contributed by atoms with E-state index >= 15 is 0 Å².